The average molecular weight is 242 g/mol. The van der Waals surface area contributed by atoms with Crippen LogP contribution in [0.25, 0.3) is 0 Å². The SMILES string of the molecule is Nc1n[nH]c2c1CN(CCc1ccccc1)CC2. The second-order valence-electron chi connectivity index (χ2n) is 4.83. The molecule has 4 nitrogen and oxygen atoms in total. The third kappa shape index (κ3) is 2.24. The molecule has 3 N–H and O–H groups in total. The van der Waals surface area contributed by atoms with Crippen molar-refractivity contribution >= 4 is 5.82 Å². The van der Waals surface area contributed by atoms with Crippen LogP contribution in [-0.4, -0.2) is 28.2 Å². The Morgan fingerprint density at radius 1 is 1.28 bits per heavy atom. The predicted molar refractivity (Wildman–Crippen MR) is 72.1 cm³/mol. The fourth-order valence-corrected chi connectivity index (χ4v) is 2.50. The van der Waals surface area contributed by atoms with E-state index in [4.69, 9.17) is 5.73 Å². The summed E-state index contributed by atoms with van der Waals surface area (Å²) in [4.78, 5) is 2.45. The first kappa shape index (κ1) is 11.3. The molecule has 0 amide bonds. The van der Waals surface area contributed by atoms with E-state index in [-0.39, 0.29) is 0 Å². The number of fused-ring (bicyclic) bond motifs is 1. The molecule has 1 aromatic carbocycles. The number of nitrogens with zero attached hydrogens (tertiary/aromatic N) is 2. The number of aromatic amines is 1. The van der Waals surface area contributed by atoms with Gasteiger partial charge in [-0.15, -0.1) is 0 Å². The molecular weight excluding hydrogens is 224 g/mol. The molecule has 1 aliphatic heterocycles. The van der Waals surface area contributed by atoms with Crippen molar-refractivity contribution in [2.45, 2.75) is 19.4 Å². The van der Waals surface area contributed by atoms with E-state index in [0.717, 1.165) is 32.5 Å². The van der Waals surface area contributed by atoms with E-state index in [1.54, 1.807) is 0 Å². The second-order valence-corrected chi connectivity index (χ2v) is 4.83. The molecule has 0 atom stereocenters. The summed E-state index contributed by atoms with van der Waals surface area (Å²) in [5.41, 5.74) is 9.65. The lowest BCUT2D eigenvalue weighted by Crippen LogP contribution is -2.32. The molecule has 0 radical (unpaired) electrons. The van der Waals surface area contributed by atoms with Crippen molar-refractivity contribution < 1.29 is 0 Å². The maximum Gasteiger partial charge on any atom is 0.149 e. The van der Waals surface area contributed by atoms with Crippen molar-refractivity contribution in [2.75, 3.05) is 18.8 Å². The molecule has 1 aromatic heterocycles. The summed E-state index contributed by atoms with van der Waals surface area (Å²) in [6.07, 6.45) is 2.11. The normalized spacial score (nSPS) is 15.6. The van der Waals surface area contributed by atoms with Gasteiger partial charge in [0.1, 0.15) is 5.82 Å². The van der Waals surface area contributed by atoms with Gasteiger partial charge in [0.2, 0.25) is 0 Å². The Morgan fingerprint density at radius 2 is 2.11 bits per heavy atom. The minimum atomic E-state index is 0.661. The highest BCUT2D eigenvalue weighted by Gasteiger charge is 2.20. The first-order chi connectivity index (χ1) is 8.83. The molecule has 0 spiro atoms. The Kier molecular flexibility index (Phi) is 3.02. The second kappa shape index (κ2) is 4.82. The molecule has 0 bridgehead atoms. The number of hydrogen-bond donors (Lipinski definition) is 2. The van der Waals surface area contributed by atoms with Gasteiger partial charge in [0.25, 0.3) is 0 Å². The molecule has 0 aliphatic carbocycles. The van der Waals surface area contributed by atoms with E-state index < -0.39 is 0 Å². The fraction of sp³-hybridized carbons (Fsp3) is 0.357. The molecule has 2 aromatic rings. The molecule has 0 saturated heterocycles. The van der Waals surface area contributed by atoms with Gasteiger partial charge in [-0.1, -0.05) is 30.3 Å². The Morgan fingerprint density at radius 3 is 2.94 bits per heavy atom. The topological polar surface area (TPSA) is 57.9 Å². The molecule has 0 fully saturated rings. The van der Waals surface area contributed by atoms with E-state index in [1.165, 1.54) is 16.8 Å². The van der Waals surface area contributed by atoms with Crippen molar-refractivity contribution in [1.29, 1.82) is 0 Å². The highest BCUT2D eigenvalue weighted by atomic mass is 15.2. The smallest absolute Gasteiger partial charge is 0.149 e. The highest BCUT2D eigenvalue weighted by molar-refractivity contribution is 5.43. The molecular formula is C14H18N4. The van der Waals surface area contributed by atoms with Crippen LogP contribution in [-0.2, 0) is 19.4 Å². The van der Waals surface area contributed by atoms with Crippen LogP contribution < -0.4 is 5.73 Å². The third-order valence-corrected chi connectivity index (χ3v) is 3.60. The zero-order chi connectivity index (χ0) is 12.4. The summed E-state index contributed by atoms with van der Waals surface area (Å²) in [7, 11) is 0. The maximum absolute atomic E-state index is 5.86. The van der Waals surface area contributed by atoms with E-state index in [9.17, 15) is 0 Å². The molecule has 4 heteroatoms. The van der Waals surface area contributed by atoms with Gasteiger partial charge in [-0.2, -0.15) is 5.10 Å². The van der Waals surface area contributed by atoms with Gasteiger partial charge in [0.05, 0.1) is 0 Å². The maximum atomic E-state index is 5.86. The predicted octanol–water partition coefficient (Wildman–Crippen LogP) is 1.59. The third-order valence-electron chi connectivity index (χ3n) is 3.60. The van der Waals surface area contributed by atoms with Crippen LogP contribution in [0.5, 0.6) is 0 Å². The average Bonchev–Trinajstić information content (AvgIpc) is 2.79. The standard InChI is InChI=1S/C14H18N4/c15-14-12-10-18(9-7-13(12)16-17-14)8-6-11-4-2-1-3-5-11/h1-5H,6-10H2,(H3,15,16,17). The van der Waals surface area contributed by atoms with E-state index >= 15 is 0 Å². The summed E-state index contributed by atoms with van der Waals surface area (Å²) >= 11 is 0. The van der Waals surface area contributed by atoms with Crippen LogP contribution in [0, 0.1) is 0 Å². The summed E-state index contributed by atoms with van der Waals surface area (Å²) in [5.74, 6) is 0.661. The molecule has 3 rings (SSSR count). The van der Waals surface area contributed by atoms with Gasteiger partial charge in [-0.3, -0.25) is 10.00 Å². The number of nitrogens with two attached hydrogens (primary N) is 1. The first-order valence-electron chi connectivity index (χ1n) is 6.41. The van der Waals surface area contributed by atoms with Crippen molar-refractivity contribution in [1.82, 2.24) is 15.1 Å². The lowest BCUT2D eigenvalue weighted by molar-refractivity contribution is 0.257. The Bertz CT molecular complexity index is 518. The number of hydrogen-bond acceptors (Lipinski definition) is 3. The zero-order valence-corrected chi connectivity index (χ0v) is 10.4. The molecule has 0 saturated carbocycles. The lowest BCUT2D eigenvalue weighted by atomic mass is 10.1. The Labute approximate surface area is 107 Å². The lowest BCUT2D eigenvalue weighted by Gasteiger charge is -2.26. The van der Waals surface area contributed by atoms with Gasteiger partial charge in [-0.25, -0.2) is 0 Å². The number of rotatable bonds is 3. The number of benzene rings is 1. The van der Waals surface area contributed by atoms with Crippen LogP contribution in [0.15, 0.2) is 30.3 Å². The number of anilines is 1. The van der Waals surface area contributed by atoms with Crippen LogP contribution >= 0.6 is 0 Å². The molecule has 18 heavy (non-hydrogen) atoms. The van der Waals surface area contributed by atoms with Gasteiger partial charge >= 0.3 is 0 Å². The van der Waals surface area contributed by atoms with Crippen molar-refractivity contribution in [3.8, 4) is 0 Å². The number of H-pyrrole nitrogens is 1. The van der Waals surface area contributed by atoms with Gasteiger partial charge in [0, 0.05) is 37.3 Å². The fourth-order valence-electron chi connectivity index (χ4n) is 2.50. The van der Waals surface area contributed by atoms with Crippen molar-refractivity contribution in [3.63, 3.8) is 0 Å². The Hall–Kier alpha value is -1.81. The summed E-state index contributed by atoms with van der Waals surface area (Å²) < 4.78 is 0. The summed E-state index contributed by atoms with van der Waals surface area (Å²) in [6.45, 7) is 3.08. The molecule has 0 unspecified atom stereocenters. The quantitative estimate of drug-likeness (QED) is 0.859. The van der Waals surface area contributed by atoms with E-state index in [1.807, 2.05) is 0 Å². The minimum absolute atomic E-state index is 0.661. The van der Waals surface area contributed by atoms with E-state index in [2.05, 4.69) is 45.4 Å². The summed E-state index contributed by atoms with van der Waals surface area (Å²) in [6, 6.07) is 10.6. The van der Waals surface area contributed by atoms with Crippen LogP contribution in [0.4, 0.5) is 5.82 Å². The number of aromatic nitrogens is 2. The highest BCUT2D eigenvalue weighted by Crippen LogP contribution is 2.21. The van der Waals surface area contributed by atoms with Gasteiger partial charge in [-0.05, 0) is 12.0 Å². The Balaban J connectivity index is 1.61. The van der Waals surface area contributed by atoms with E-state index in [0.29, 0.717) is 5.82 Å². The molecule has 94 valence electrons. The van der Waals surface area contributed by atoms with Crippen molar-refractivity contribution in [3.05, 3.63) is 47.2 Å². The zero-order valence-electron chi connectivity index (χ0n) is 10.4. The molecule has 2 heterocycles. The summed E-state index contributed by atoms with van der Waals surface area (Å²) in [5, 5.41) is 7.10. The van der Waals surface area contributed by atoms with Crippen LogP contribution in [0.1, 0.15) is 16.8 Å². The number of nitrogen functional groups attached to an aromatic ring is 1. The van der Waals surface area contributed by atoms with Gasteiger partial charge in [0.15, 0.2) is 0 Å². The largest absolute Gasteiger partial charge is 0.382 e. The van der Waals surface area contributed by atoms with Gasteiger partial charge < -0.3 is 5.73 Å². The monoisotopic (exact) mass is 242 g/mol. The number of nitrogens with one attached hydrogen (secondary N) is 1. The minimum Gasteiger partial charge on any atom is -0.382 e. The van der Waals surface area contributed by atoms with Crippen LogP contribution in [0.2, 0.25) is 0 Å². The van der Waals surface area contributed by atoms with Crippen LogP contribution in [0.3, 0.4) is 0 Å². The first-order valence-corrected chi connectivity index (χ1v) is 6.41. The van der Waals surface area contributed by atoms with Crippen molar-refractivity contribution in [2.24, 2.45) is 0 Å². The molecule has 1 aliphatic rings.